The maximum absolute atomic E-state index is 6.13. The summed E-state index contributed by atoms with van der Waals surface area (Å²) >= 11 is 0. The zero-order chi connectivity index (χ0) is 11.5. The molecule has 0 bridgehead atoms. The Hall–Kier alpha value is -0.860. The van der Waals surface area contributed by atoms with Crippen LogP contribution in [0.15, 0.2) is 24.3 Å². The zero-order valence-electron chi connectivity index (χ0n) is 10.3. The maximum Gasteiger partial charge on any atom is 0.0237 e. The van der Waals surface area contributed by atoms with Crippen LogP contribution in [0.25, 0.3) is 0 Å². The van der Waals surface area contributed by atoms with Gasteiger partial charge in [-0.25, -0.2) is 0 Å². The Labute approximate surface area is 98.4 Å². The molecule has 1 heterocycles. The minimum absolute atomic E-state index is 0.297. The highest BCUT2D eigenvalue weighted by molar-refractivity contribution is 5.29. The lowest BCUT2D eigenvalue weighted by molar-refractivity contribution is 0.221. The predicted molar refractivity (Wildman–Crippen MR) is 68.2 cm³/mol. The van der Waals surface area contributed by atoms with Crippen molar-refractivity contribution in [1.82, 2.24) is 4.90 Å². The molecule has 0 saturated carbocycles. The Morgan fingerprint density at radius 1 is 1.25 bits per heavy atom. The summed E-state index contributed by atoms with van der Waals surface area (Å²) in [4.78, 5) is 2.48. The first-order chi connectivity index (χ1) is 7.66. The number of nitrogens with two attached hydrogens (primary N) is 1. The second kappa shape index (κ2) is 4.98. The Morgan fingerprint density at radius 3 is 2.62 bits per heavy atom. The molecule has 1 aliphatic rings. The molecule has 2 N–H and O–H groups in total. The van der Waals surface area contributed by atoms with E-state index in [2.05, 4.69) is 43.0 Å². The monoisotopic (exact) mass is 218 g/mol. The second-order valence-corrected chi connectivity index (χ2v) is 5.16. The predicted octanol–water partition coefficient (Wildman–Crippen LogP) is 2.03. The molecule has 0 saturated heterocycles. The van der Waals surface area contributed by atoms with Crippen LogP contribution in [0.1, 0.15) is 25.0 Å². The Kier molecular flexibility index (Phi) is 3.62. The van der Waals surface area contributed by atoms with E-state index < -0.39 is 0 Å². The molecule has 1 aliphatic heterocycles. The van der Waals surface area contributed by atoms with E-state index in [-0.39, 0.29) is 0 Å². The highest BCUT2D eigenvalue weighted by atomic mass is 15.1. The third kappa shape index (κ3) is 2.63. The van der Waals surface area contributed by atoms with Gasteiger partial charge in [-0.3, -0.25) is 4.90 Å². The van der Waals surface area contributed by atoms with Crippen molar-refractivity contribution < 1.29 is 0 Å². The highest BCUT2D eigenvalue weighted by Crippen LogP contribution is 2.18. The second-order valence-electron chi connectivity index (χ2n) is 5.16. The van der Waals surface area contributed by atoms with E-state index in [1.807, 2.05) is 0 Å². The van der Waals surface area contributed by atoms with Gasteiger partial charge in [0, 0.05) is 25.7 Å². The van der Waals surface area contributed by atoms with Crippen LogP contribution < -0.4 is 5.73 Å². The lowest BCUT2D eigenvalue weighted by Gasteiger charge is -2.31. The Morgan fingerprint density at radius 2 is 1.94 bits per heavy atom. The highest BCUT2D eigenvalue weighted by Gasteiger charge is 2.18. The third-order valence-electron chi connectivity index (χ3n) is 3.54. The number of rotatable bonds is 3. The molecule has 1 aromatic rings. The molecule has 0 aliphatic carbocycles. The van der Waals surface area contributed by atoms with E-state index in [4.69, 9.17) is 5.73 Å². The lowest BCUT2D eigenvalue weighted by Crippen LogP contribution is -2.42. The van der Waals surface area contributed by atoms with Gasteiger partial charge >= 0.3 is 0 Å². The minimum atomic E-state index is 0.297. The van der Waals surface area contributed by atoms with Gasteiger partial charge in [0.2, 0.25) is 0 Å². The topological polar surface area (TPSA) is 29.3 Å². The average Bonchev–Trinajstić information content (AvgIpc) is 2.28. The fourth-order valence-corrected chi connectivity index (χ4v) is 2.22. The van der Waals surface area contributed by atoms with Gasteiger partial charge in [0.25, 0.3) is 0 Å². The molecule has 88 valence electrons. The van der Waals surface area contributed by atoms with Crippen molar-refractivity contribution in [3.05, 3.63) is 35.4 Å². The van der Waals surface area contributed by atoms with E-state index in [1.54, 1.807) is 0 Å². The van der Waals surface area contributed by atoms with E-state index in [0.717, 1.165) is 19.6 Å². The normalized spacial score (nSPS) is 18.5. The lowest BCUT2D eigenvalue weighted by atomic mass is 9.98. The van der Waals surface area contributed by atoms with E-state index in [1.165, 1.54) is 17.5 Å². The summed E-state index contributed by atoms with van der Waals surface area (Å²) in [6.45, 7) is 7.63. The molecule has 2 heteroatoms. The van der Waals surface area contributed by atoms with Gasteiger partial charge in [0.1, 0.15) is 0 Å². The molecule has 1 aromatic carbocycles. The Bertz CT molecular complexity index is 346. The van der Waals surface area contributed by atoms with Gasteiger partial charge in [-0.2, -0.15) is 0 Å². The van der Waals surface area contributed by atoms with Crippen LogP contribution >= 0.6 is 0 Å². The van der Waals surface area contributed by atoms with Gasteiger partial charge in [-0.05, 0) is 23.5 Å². The van der Waals surface area contributed by atoms with Crippen LogP contribution in [0, 0.1) is 5.92 Å². The molecule has 2 nitrogen and oxygen atoms in total. The minimum Gasteiger partial charge on any atom is -0.326 e. The SMILES string of the molecule is CC(C)C(N)CN1CCc2ccccc2C1. The van der Waals surface area contributed by atoms with Crippen LogP contribution in [-0.2, 0) is 13.0 Å². The molecule has 0 spiro atoms. The van der Waals surface area contributed by atoms with Crippen molar-refractivity contribution in [2.75, 3.05) is 13.1 Å². The number of fused-ring (bicyclic) bond motifs is 1. The molecule has 0 fully saturated rings. The van der Waals surface area contributed by atoms with Crippen molar-refractivity contribution in [2.24, 2.45) is 11.7 Å². The average molecular weight is 218 g/mol. The number of nitrogens with zero attached hydrogens (tertiary/aromatic N) is 1. The van der Waals surface area contributed by atoms with Crippen molar-refractivity contribution in [3.8, 4) is 0 Å². The zero-order valence-corrected chi connectivity index (χ0v) is 10.3. The molecule has 0 aromatic heterocycles. The largest absolute Gasteiger partial charge is 0.326 e. The van der Waals surface area contributed by atoms with Crippen molar-refractivity contribution in [1.29, 1.82) is 0 Å². The molecular weight excluding hydrogens is 196 g/mol. The van der Waals surface area contributed by atoms with Crippen molar-refractivity contribution in [3.63, 3.8) is 0 Å². The Balaban J connectivity index is 1.98. The molecule has 1 atom stereocenters. The van der Waals surface area contributed by atoms with Gasteiger partial charge in [-0.1, -0.05) is 38.1 Å². The summed E-state index contributed by atoms with van der Waals surface area (Å²) in [7, 11) is 0. The van der Waals surface area contributed by atoms with Crippen molar-refractivity contribution >= 4 is 0 Å². The van der Waals surface area contributed by atoms with Crippen LogP contribution in [0.2, 0.25) is 0 Å². The maximum atomic E-state index is 6.13. The number of hydrogen-bond acceptors (Lipinski definition) is 2. The summed E-state index contributed by atoms with van der Waals surface area (Å²) in [5.41, 5.74) is 9.11. The first-order valence-electron chi connectivity index (χ1n) is 6.21. The fraction of sp³-hybridized carbons (Fsp3) is 0.571. The molecule has 0 radical (unpaired) electrons. The first-order valence-corrected chi connectivity index (χ1v) is 6.21. The molecule has 16 heavy (non-hydrogen) atoms. The standard InChI is InChI=1S/C14H22N2/c1-11(2)14(15)10-16-8-7-12-5-3-4-6-13(12)9-16/h3-6,11,14H,7-10,15H2,1-2H3. The molecule has 1 unspecified atom stereocenters. The number of hydrogen-bond donors (Lipinski definition) is 1. The van der Waals surface area contributed by atoms with E-state index in [9.17, 15) is 0 Å². The van der Waals surface area contributed by atoms with E-state index >= 15 is 0 Å². The van der Waals surface area contributed by atoms with Gasteiger partial charge < -0.3 is 5.73 Å². The summed E-state index contributed by atoms with van der Waals surface area (Å²) in [6.07, 6.45) is 1.17. The van der Waals surface area contributed by atoms with Gasteiger partial charge in [0.15, 0.2) is 0 Å². The molecule has 0 amide bonds. The van der Waals surface area contributed by atoms with Crippen LogP contribution in [0.4, 0.5) is 0 Å². The quantitative estimate of drug-likeness (QED) is 0.841. The summed E-state index contributed by atoms with van der Waals surface area (Å²) < 4.78 is 0. The summed E-state index contributed by atoms with van der Waals surface area (Å²) in [5.74, 6) is 0.567. The number of benzene rings is 1. The van der Waals surface area contributed by atoms with Gasteiger partial charge in [-0.15, -0.1) is 0 Å². The summed E-state index contributed by atoms with van der Waals surface area (Å²) in [5, 5.41) is 0. The molecular formula is C14H22N2. The molecule has 2 rings (SSSR count). The fourth-order valence-electron chi connectivity index (χ4n) is 2.22. The summed E-state index contributed by atoms with van der Waals surface area (Å²) in [6, 6.07) is 9.04. The van der Waals surface area contributed by atoms with E-state index in [0.29, 0.717) is 12.0 Å². The van der Waals surface area contributed by atoms with Gasteiger partial charge in [0.05, 0.1) is 0 Å². The third-order valence-corrected chi connectivity index (χ3v) is 3.54. The van der Waals surface area contributed by atoms with Crippen LogP contribution in [0.3, 0.4) is 0 Å². The smallest absolute Gasteiger partial charge is 0.0237 e. The van der Waals surface area contributed by atoms with Crippen LogP contribution in [0.5, 0.6) is 0 Å². The van der Waals surface area contributed by atoms with Crippen LogP contribution in [-0.4, -0.2) is 24.0 Å². The van der Waals surface area contributed by atoms with Crippen molar-refractivity contribution in [2.45, 2.75) is 32.9 Å². The first kappa shape index (κ1) is 11.6.